The minimum atomic E-state index is -0.700. The molecular formula is C52H30Br6N4O4. The third-order valence-electron chi connectivity index (χ3n) is 11.5. The number of rotatable bonds is 6. The number of fused-ring (bicyclic) bond motifs is 11. The second-order valence-corrected chi connectivity index (χ2v) is 19.9. The Balaban J connectivity index is 1.56. The van der Waals surface area contributed by atoms with Crippen molar-refractivity contribution in [3.05, 3.63) is 174 Å². The molecule has 14 heteroatoms. The fourth-order valence-corrected chi connectivity index (χ4v) is 11.5. The van der Waals surface area contributed by atoms with Gasteiger partial charge in [-0.3, -0.25) is 0 Å². The number of ether oxygens (including phenoxy) is 2. The van der Waals surface area contributed by atoms with Crippen molar-refractivity contribution in [1.29, 1.82) is 0 Å². The largest absolute Gasteiger partial charge is 0.465 e. The van der Waals surface area contributed by atoms with Crippen LogP contribution in [0.2, 0.25) is 0 Å². The Morgan fingerprint density at radius 3 is 0.939 bits per heavy atom. The third-order valence-corrected chi connectivity index (χ3v) is 17.8. The van der Waals surface area contributed by atoms with Crippen molar-refractivity contribution in [1.82, 2.24) is 19.9 Å². The van der Waals surface area contributed by atoms with Crippen LogP contribution in [0.15, 0.2) is 151 Å². The standard InChI is InChI=1S/C52H30Br6N4O4/c1-65-51(63)31-23-29-30(24-32(31)52(64)66-2)44-34(26-17-9-4-10-18-26)46-38(54)40(56)48(61-46)36(28-21-13-6-14-22-28)50-42(58)41(57)49(62-50)35(27-19-11-5-12-20-27)47-39(55)37(53)45(60-47)33(43(29)59-44)25-15-7-3-8-16-25/h3-24,60-61H,1-2H3. The lowest BCUT2D eigenvalue weighted by atomic mass is 9.91. The normalized spacial score (nSPS) is 12.0. The summed E-state index contributed by atoms with van der Waals surface area (Å²) in [7, 11) is 2.57. The Kier molecular flexibility index (Phi) is 12.2. The van der Waals surface area contributed by atoms with E-state index < -0.39 is 11.9 Å². The summed E-state index contributed by atoms with van der Waals surface area (Å²) in [5.41, 5.74) is 13.1. The first-order chi connectivity index (χ1) is 32.0. The SMILES string of the molecule is COC(=O)c1cc2c(cc1C(=O)OC)-c1nc-2c(-c2ccccc2)c2[nH]c(c(Br)c2Br)c(-c2ccccc2)c2nc(c(-c3ccccc3)c3[nH]c(c(Br)c3Br)c1-c1ccccc1)C(Br)=C2Br. The summed E-state index contributed by atoms with van der Waals surface area (Å²) >= 11 is 24.1. The van der Waals surface area contributed by atoms with E-state index in [1.807, 2.05) is 97.1 Å². The molecule has 0 amide bonds. The van der Waals surface area contributed by atoms with E-state index in [2.05, 4.69) is 130 Å². The Bertz CT molecular complexity index is 3310. The number of esters is 2. The molecule has 0 saturated carbocycles. The van der Waals surface area contributed by atoms with Crippen LogP contribution in [-0.4, -0.2) is 46.1 Å². The lowest BCUT2D eigenvalue weighted by Gasteiger charge is -2.13. The quantitative estimate of drug-likeness (QED) is 0.161. The molecule has 5 aromatic carbocycles. The zero-order chi connectivity index (χ0) is 46.0. The van der Waals surface area contributed by atoms with Crippen LogP contribution in [0.25, 0.3) is 98.1 Å². The molecule has 8 nitrogen and oxygen atoms in total. The van der Waals surface area contributed by atoms with Gasteiger partial charge in [0.2, 0.25) is 0 Å². The van der Waals surface area contributed by atoms with Crippen molar-refractivity contribution in [2.45, 2.75) is 0 Å². The maximum atomic E-state index is 13.7. The number of H-pyrrole nitrogens is 2. The average Bonchev–Trinajstić information content (AvgIpc) is 4.04. The van der Waals surface area contributed by atoms with Crippen molar-refractivity contribution >= 4 is 139 Å². The Labute approximate surface area is 428 Å². The van der Waals surface area contributed by atoms with Crippen molar-refractivity contribution in [2.75, 3.05) is 14.2 Å². The zero-order valence-electron chi connectivity index (χ0n) is 34.5. The van der Waals surface area contributed by atoms with Gasteiger partial charge in [-0.25, -0.2) is 19.6 Å². The highest BCUT2D eigenvalue weighted by Gasteiger charge is 2.33. The first kappa shape index (κ1) is 44.6. The monoisotopic (exact) mass is 1250 g/mol. The molecule has 10 rings (SSSR count). The molecule has 324 valence electrons. The van der Waals surface area contributed by atoms with Crippen molar-refractivity contribution in [3.8, 4) is 67.0 Å². The minimum Gasteiger partial charge on any atom is -0.465 e. The smallest absolute Gasteiger partial charge is 0.338 e. The Morgan fingerprint density at radius 1 is 0.409 bits per heavy atom. The summed E-state index contributed by atoms with van der Waals surface area (Å²) in [6, 6.07) is 43.5. The van der Waals surface area contributed by atoms with Gasteiger partial charge >= 0.3 is 11.9 Å². The molecule has 66 heavy (non-hydrogen) atoms. The molecule has 0 aliphatic carbocycles. The molecule has 0 radical (unpaired) electrons. The number of aromatic amines is 2. The number of aromatic nitrogens is 4. The number of carbonyl (C=O) groups excluding carboxylic acids is 2. The van der Waals surface area contributed by atoms with E-state index in [1.165, 1.54) is 14.2 Å². The fourth-order valence-electron chi connectivity index (χ4n) is 8.53. The van der Waals surface area contributed by atoms with Gasteiger partial charge in [0, 0.05) is 33.4 Å². The number of methoxy groups -OCH3 is 2. The van der Waals surface area contributed by atoms with E-state index in [9.17, 15) is 9.59 Å². The van der Waals surface area contributed by atoms with E-state index in [-0.39, 0.29) is 11.1 Å². The molecular weight excluding hydrogens is 1220 g/mol. The van der Waals surface area contributed by atoms with E-state index in [1.54, 1.807) is 12.1 Å². The number of nitrogens with one attached hydrogen (secondary N) is 2. The summed E-state index contributed by atoms with van der Waals surface area (Å²) in [4.78, 5) is 46.3. The lowest BCUT2D eigenvalue weighted by Crippen LogP contribution is -2.12. The fraction of sp³-hybridized carbons (Fsp3) is 0.0385. The van der Waals surface area contributed by atoms with E-state index >= 15 is 0 Å². The van der Waals surface area contributed by atoms with Gasteiger partial charge in [0.15, 0.2) is 0 Å². The van der Waals surface area contributed by atoms with Crippen LogP contribution >= 0.6 is 95.6 Å². The first-order valence-corrected chi connectivity index (χ1v) is 25.0. The molecule has 3 aromatic heterocycles. The molecule has 2 N–H and O–H groups in total. The lowest BCUT2D eigenvalue weighted by molar-refractivity contribution is 0.0555. The van der Waals surface area contributed by atoms with Gasteiger partial charge in [0.05, 0.1) is 97.0 Å². The molecule has 8 aromatic rings. The van der Waals surface area contributed by atoms with Gasteiger partial charge in [0.25, 0.3) is 0 Å². The van der Waals surface area contributed by atoms with E-state index in [0.29, 0.717) is 56.1 Å². The van der Waals surface area contributed by atoms with Crippen LogP contribution in [-0.2, 0) is 9.47 Å². The molecule has 0 fully saturated rings. The van der Waals surface area contributed by atoms with E-state index in [4.69, 9.17) is 19.4 Å². The molecule has 0 atom stereocenters. The highest BCUT2D eigenvalue weighted by molar-refractivity contribution is 9.18. The molecule has 2 aliphatic rings. The average molecular weight is 1250 g/mol. The third kappa shape index (κ3) is 7.41. The topological polar surface area (TPSA) is 110 Å². The van der Waals surface area contributed by atoms with Crippen LogP contribution in [0, 0.1) is 0 Å². The van der Waals surface area contributed by atoms with Gasteiger partial charge in [-0.1, -0.05) is 121 Å². The Hall–Kier alpha value is -5.22. The number of nitrogens with zero attached hydrogens (tertiary/aromatic N) is 2. The first-order valence-electron chi connectivity index (χ1n) is 20.2. The van der Waals surface area contributed by atoms with Gasteiger partial charge in [-0.05, 0) is 130 Å². The number of halogens is 6. The molecule has 2 aliphatic heterocycles. The van der Waals surface area contributed by atoms with Crippen LogP contribution in [0.4, 0.5) is 0 Å². The second kappa shape index (κ2) is 18.1. The maximum absolute atomic E-state index is 13.7. The molecule has 0 unspecified atom stereocenters. The summed E-state index contributed by atoms with van der Waals surface area (Å²) in [6.45, 7) is 0. The molecule has 0 saturated heterocycles. The number of hydrogen-bond acceptors (Lipinski definition) is 6. The molecule has 8 bridgehead atoms. The molecule has 5 heterocycles. The van der Waals surface area contributed by atoms with Crippen LogP contribution in [0.5, 0.6) is 0 Å². The van der Waals surface area contributed by atoms with Crippen molar-refractivity contribution in [3.63, 3.8) is 0 Å². The van der Waals surface area contributed by atoms with Gasteiger partial charge in [-0.15, -0.1) is 0 Å². The van der Waals surface area contributed by atoms with Gasteiger partial charge in [0.1, 0.15) is 0 Å². The van der Waals surface area contributed by atoms with Crippen LogP contribution < -0.4 is 0 Å². The Morgan fingerprint density at radius 2 is 0.667 bits per heavy atom. The maximum Gasteiger partial charge on any atom is 0.338 e. The minimum absolute atomic E-state index is 0.0326. The highest BCUT2D eigenvalue weighted by Crippen LogP contribution is 2.53. The van der Waals surface area contributed by atoms with Crippen LogP contribution in [0.1, 0.15) is 32.1 Å². The van der Waals surface area contributed by atoms with Gasteiger partial charge < -0.3 is 19.4 Å². The molecule has 0 spiro atoms. The van der Waals surface area contributed by atoms with Gasteiger partial charge in [-0.2, -0.15) is 0 Å². The number of carbonyl (C=O) groups is 2. The van der Waals surface area contributed by atoms with Crippen molar-refractivity contribution < 1.29 is 19.1 Å². The predicted molar refractivity (Wildman–Crippen MR) is 285 cm³/mol. The van der Waals surface area contributed by atoms with Crippen LogP contribution in [0.3, 0.4) is 0 Å². The number of hydrogen-bond donors (Lipinski definition) is 2. The van der Waals surface area contributed by atoms with Crippen molar-refractivity contribution in [2.24, 2.45) is 0 Å². The predicted octanol–water partition coefficient (Wildman–Crippen LogP) is 16.6. The highest BCUT2D eigenvalue weighted by atomic mass is 79.9. The summed E-state index contributed by atoms with van der Waals surface area (Å²) in [5, 5.41) is 0. The summed E-state index contributed by atoms with van der Waals surface area (Å²) < 4.78 is 15.0. The van der Waals surface area contributed by atoms with E-state index in [0.717, 1.165) is 71.3 Å². The summed E-state index contributed by atoms with van der Waals surface area (Å²) in [6.07, 6.45) is 0. The number of benzene rings is 5. The zero-order valence-corrected chi connectivity index (χ0v) is 44.0. The second-order valence-electron chi connectivity index (χ2n) is 15.1. The summed E-state index contributed by atoms with van der Waals surface area (Å²) in [5.74, 6) is -1.40.